The highest BCUT2D eigenvalue weighted by atomic mass is 16.4. The highest BCUT2D eigenvalue weighted by Gasteiger charge is 2.33. The molecule has 2 heterocycles. The molecule has 0 spiro atoms. The smallest absolute Gasteiger partial charge is 0.407 e. The molecule has 2 atom stereocenters. The second-order valence-electron chi connectivity index (χ2n) is 9.24. The molecule has 0 saturated carbocycles. The monoisotopic (exact) mass is 502 g/mol. The number of carbonyl (C=O) groups is 4. The number of likely N-dealkylation sites (tertiary alicyclic amines) is 2. The van der Waals surface area contributed by atoms with Crippen LogP contribution >= 0.6 is 0 Å². The maximum atomic E-state index is 12.6. The lowest BCUT2D eigenvalue weighted by Gasteiger charge is -2.32. The van der Waals surface area contributed by atoms with Gasteiger partial charge in [-0.1, -0.05) is 11.8 Å². The van der Waals surface area contributed by atoms with Crippen molar-refractivity contribution in [2.75, 3.05) is 23.7 Å². The summed E-state index contributed by atoms with van der Waals surface area (Å²) in [5.74, 6) is 5.55. The van der Waals surface area contributed by atoms with Crippen LogP contribution in [0, 0.1) is 11.8 Å². The fraction of sp³-hybridized carbons (Fsp3) is 0.357. The molecule has 2 saturated heterocycles. The van der Waals surface area contributed by atoms with Crippen LogP contribution in [0.15, 0.2) is 48.5 Å². The minimum absolute atomic E-state index is 0.0901. The number of hydrogen-bond acceptors (Lipinski definition) is 4. The van der Waals surface area contributed by atoms with E-state index in [1.165, 1.54) is 11.8 Å². The molecule has 0 radical (unpaired) electrons. The van der Waals surface area contributed by atoms with Crippen molar-refractivity contribution in [3.8, 4) is 11.8 Å². The number of carboxylic acid groups (broad SMARTS) is 1. The third-order valence-corrected chi connectivity index (χ3v) is 6.67. The van der Waals surface area contributed by atoms with E-state index in [1.807, 2.05) is 12.1 Å². The van der Waals surface area contributed by atoms with E-state index in [1.54, 1.807) is 41.3 Å². The highest BCUT2D eigenvalue weighted by molar-refractivity contribution is 5.97. The van der Waals surface area contributed by atoms with E-state index >= 15 is 0 Å². The molecule has 9 heteroatoms. The van der Waals surface area contributed by atoms with Gasteiger partial charge in [0.25, 0.3) is 0 Å². The third kappa shape index (κ3) is 6.47. The molecule has 3 N–H and O–H groups in total. The maximum Gasteiger partial charge on any atom is 0.407 e. The predicted octanol–water partition coefficient (Wildman–Crippen LogP) is 3.51. The van der Waals surface area contributed by atoms with Gasteiger partial charge in [-0.15, -0.1) is 0 Å². The van der Waals surface area contributed by atoms with Gasteiger partial charge in [0.05, 0.1) is 0 Å². The van der Waals surface area contributed by atoms with Crippen molar-refractivity contribution in [2.24, 2.45) is 0 Å². The summed E-state index contributed by atoms with van der Waals surface area (Å²) in [7, 11) is 0. The molecular formula is C28H30N4O5. The van der Waals surface area contributed by atoms with Gasteiger partial charge in [0.15, 0.2) is 0 Å². The second kappa shape index (κ2) is 11.6. The maximum absolute atomic E-state index is 12.6. The van der Waals surface area contributed by atoms with Gasteiger partial charge in [-0.2, -0.15) is 0 Å². The summed E-state index contributed by atoms with van der Waals surface area (Å²) >= 11 is 0. The van der Waals surface area contributed by atoms with E-state index in [4.69, 9.17) is 0 Å². The minimum Gasteiger partial charge on any atom is -0.465 e. The molecule has 2 aromatic rings. The molecule has 0 aromatic heterocycles. The van der Waals surface area contributed by atoms with E-state index in [9.17, 15) is 24.3 Å². The standard InChI is InChI=1S/C28H30N4O5/c1-19(33)31-18-4-6-24(31)26(34)29-22-13-9-20(10-14-22)7-8-21-11-15-23(16-12-21)30-27(35)25-5-2-3-17-32(25)28(36)37/h9-16,24-25H,2-6,17-18H2,1H3,(H,29,34)(H,30,35)(H,36,37)/t24-,25-/m0/s1. The number of anilines is 2. The van der Waals surface area contributed by atoms with E-state index in [0.717, 1.165) is 30.4 Å². The van der Waals surface area contributed by atoms with Crippen LogP contribution in [0.2, 0.25) is 0 Å². The van der Waals surface area contributed by atoms with Crippen LogP contribution in [0.3, 0.4) is 0 Å². The quantitative estimate of drug-likeness (QED) is 0.553. The van der Waals surface area contributed by atoms with Crippen LogP contribution in [0.4, 0.5) is 16.2 Å². The summed E-state index contributed by atoms with van der Waals surface area (Å²) in [5, 5.41) is 15.0. The van der Waals surface area contributed by atoms with E-state index in [2.05, 4.69) is 22.5 Å². The van der Waals surface area contributed by atoms with Crippen molar-refractivity contribution in [2.45, 2.75) is 51.1 Å². The van der Waals surface area contributed by atoms with Gasteiger partial charge < -0.3 is 20.6 Å². The fourth-order valence-corrected chi connectivity index (χ4v) is 4.72. The van der Waals surface area contributed by atoms with Crippen molar-refractivity contribution in [3.63, 3.8) is 0 Å². The average molecular weight is 503 g/mol. The minimum atomic E-state index is -1.07. The van der Waals surface area contributed by atoms with Crippen molar-refractivity contribution in [3.05, 3.63) is 59.7 Å². The molecule has 2 aliphatic rings. The Balaban J connectivity index is 1.32. The number of amides is 4. The predicted molar refractivity (Wildman–Crippen MR) is 139 cm³/mol. The Morgan fingerprint density at radius 1 is 0.730 bits per heavy atom. The Bertz CT molecular complexity index is 1230. The van der Waals surface area contributed by atoms with E-state index < -0.39 is 18.2 Å². The van der Waals surface area contributed by atoms with Crippen molar-refractivity contribution in [1.29, 1.82) is 0 Å². The van der Waals surface area contributed by atoms with Crippen LogP contribution < -0.4 is 10.6 Å². The SMILES string of the molecule is CC(=O)N1CCC[C@H]1C(=O)Nc1ccc(C#Cc2ccc(NC(=O)[C@@H]3CCCCN3C(=O)O)cc2)cc1. The third-order valence-electron chi connectivity index (χ3n) is 6.67. The lowest BCUT2D eigenvalue weighted by Crippen LogP contribution is -2.49. The van der Waals surface area contributed by atoms with Crippen LogP contribution in [0.5, 0.6) is 0 Å². The first kappa shape index (κ1) is 25.8. The number of rotatable bonds is 4. The number of nitrogens with zero attached hydrogens (tertiary/aromatic N) is 2. The first-order valence-electron chi connectivity index (χ1n) is 12.4. The average Bonchev–Trinajstić information content (AvgIpc) is 3.40. The molecule has 37 heavy (non-hydrogen) atoms. The van der Waals surface area contributed by atoms with Gasteiger partial charge in [-0.3, -0.25) is 19.3 Å². The zero-order valence-electron chi connectivity index (χ0n) is 20.7. The Morgan fingerprint density at radius 2 is 1.19 bits per heavy atom. The molecular weight excluding hydrogens is 472 g/mol. The lowest BCUT2D eigenvalue weighted by atomic mass is 10.0. The molecule has 0 aliphatic carbocycles. The summed E-state index contributed by atoms with van der Waals surface area (Å²) in [6, 6.07) is 13.1. The van der Waals surface area contributed by atoms with E-state index in [-0.39, 0.29) is 17.7 Å². The Kier molecular flexibility index (Phi) is 8.08. The summed E-state index contributed by atoms with van der Waals surface area (Å²) < 4.78 is 0. The molecule has 0 unspecified atom stereocenters. The number of hydrogen-bond donors (Lipinski definition) is 3. The topological polar surface area (TPSA) is 119 Å². The van der Waals surface area contributed by atoms with Gasteiger partial charge in [0, 0.05) is 42.5 Å². The molecule has 2 fully saturated rings. The van der Waals surface area contributed by atoms with Gasteiger partial charge in [-0.25, -0.2) is 4.79 Å². The first-order valence-corrected chi connectivity index (χ1v) is 12.4. The number of carbonyl (C=O) groups excluding carboxylic acids is 3. The van der Waals surface area contributed by atoms with Crippen molar-refractivity contribution < 1.29 is 24.3 Å². The van der Waals surface area contributed by atoms with Gasteiger partial charge in [0.1, 0.15) is 12.1 Å². The summed E-state index contributed by atoms with van der Waals surface area (Å²) in [5.41, 5.74) is 2.75. The van der Waals surface area contributed by atoms with Crippen LogP contribution in [0.1, 0.15) is 50.2 Å². The number of benzene rings is 2. The Morgan fingerprint density at radius 3 is 1.68 bits per heavy atom. The van der Waals surface area contributed by atoms with Gasteiger partial charge in [-0.05, 0) is 80.6 Å². The molecule has 192 valence electrons. The van der Waals surface area contributed by atoms with Crippen molar-refractivity contribution in [1.82, 2.24) is 9.80 Å². The van der Waals surface area contributed by atoms with Crippen LogP contribution in [0.25, 0.3) is 0 Å². The first-order chi connectivity index (χ1) is 17.8. The van der Waals surface area contributed by atoms with Gasteiger partial charge in [0.2, 0.25) is 17.7 Å². The molecule has 2 aliphatic heterocycles. The van der Waals surface area contributed by atoms with E-state index in [0.29, 0.717) is 37.3 Å². The Labute approximate surface area is 215 Å². The van der Waals surface area contributed by atoms with Crippen LogP contribution in [-0.2, 0) is 14.4 Å². The molecule has 2 aromatic carbocycles. The molecule has 4 amide bonds. The lowest BCUT2D eigenvalue weighted by molar-refractivity contribution is -0.134. The normalized spacial score (nSPS) is 18.9. The summed E-state index contributed by atoms with van der Waals surface area (Å²) in [6.07, 6.45) is 2.52. The largest absolute Gasteiger partial charge is 0.465 e. The summed E-state index contributed by atoms with van der Waals surface area (Å²) in [4.78, 5) is 51.1. The van der Waals surface area contributed by atoms with Crippen molar-refractivity contribution >= 4 is 35.2 Å². The number of nitrogens with one attached hydrogen (secondary N) is 2. The molecule has 4 rings (SSSR count). The zero-order chi connectivity index (χ0) is 26.4. The molecule has 0 bridgehead atoms. The second-order valence-corrected chi connectivity index (χ2v) is 9.24. The fourth-order valence-electron chi connectivity index (χ4n) is 4.72. The van der Waals surface area contributed by atoms with Crippen LogP contribution in [-0.4, -0.2) is 63.9 Å². The molecule has 9 nitrogen and oxygen atoms in total. The number of piperidine rings is 1. The highest BCUT2D eigenvalue weighted by Crippen LogP contribution is 2.21. The van der Waals surface area contributed by atoms with Gasteiger partial charge >= 0.3 is 6.09 Å². The Hall–Kier alpha value is -4.32. The zero-order valence-corrected chi connectivity index (χ0v) is 20.7. The summed E-state index contributed by atoms with van der Waals surface area (Å²) in [6.45, 7) is 2.46.